The van der Waals surface area contributed by atoms with Crippen molar-refractivity contribution in [3.05, 3.63) is 65.0 Å². The standard InChI is InChI=1S/C31H33F4NO5/c1-27(40,31(33,34)35)20-4-7-22-23(16-20)41-18-24-30(22,17-19-2-5-21(32)6-3-19)14-15-36(24)25(37)28-8-11-29(12-9-28,13-10-28)26(38)39/h2-7,16,24,40H,8-15,17-18H2,1H3,(H,38,39). The number of ether oxygens (including phenoxy) is 1. The number of alkyl halides is 3. The number of carbonyl (C=O) groups is 2. The summed E-state index contributed by atoms with van der Waals surface area (Å²) >= 11 is 0. The van der Waals surface area contributed by atoms with Gasteiger partial charge < -0.3 is 19.8 Å². The molecule has 5 aliphatic rings. The zero-order valence-electron chi connectivity index (χ0n) is 22.8. The highest BCUT2D eigenvalue weighted by Gasteiger charge is 2.61. The Labute approximate surface area is 235 Å². The molecular weight excluding hydrogens is 542 g/mol. The van der Waals surface area contributed by atoms with Crippen molar-refractivity contribution >= 4 is 11.9 Å². The fourth-order valence-corrected chi connectivity index (χ4v) is 7.84. The van der Waals surface area contributed by atoms with Crippen molar-refractivity contribution in [3.63, 3.8) is 0 Å². The summed E-state index contributed by atoms with van der Waals surface area (Å²) in [5.41, 5.74) is -4.00. The third-order valence-corrected chi connectivity index (χ3v) is 10.7. The molecule has 2 aliphatic heterocycles. The molecule has 3 aliphatic carbocycles. The second-order valence-electron chi connectivity index (χ2n) is 12.7. The number of rotatable bonds is 5. The maximum atomic E-state index is 14.3. The molecule has 6 nitrogen and oxygen atoms in total. The van der Waals surface area contributed by atoms with E-state index in [-0.39, 0.29) is 29.6 Å². The maximum absolute atomic E-state index is 14.3. The minimum Gasteiger partial charge on any atom is -0.491 e. The van der Waals surface area contributed by atoms with Crippen LogP contribution in [0.2, 0.25) is 0 Å². The van der Waals surface area contributed by atoms with Crippen LogP contribution in [0.15, 0.2) is 42.5 Å². The Balaban J connectivity index is 1.37. The van der Waals surface area contributed by atoms with E-state index in [4.69, 9.17) is 4.74 Å². The topological polar surface area (TPSA) is 87.1 Å². The maximum Gasteiger partial charge on any atom is 0.421 e. The van der Waals surface area contributed by atoms with E-state index in [2.05, 4.69) is 0 Å². The molecule has 10 heteroatoms. The number of benzene rings is 2. The van der Waals surface area contributed by atoms with Crippen LogP contribution in [-0.2, 0) is 27.0 Å². The van der Waals surface area contributed by atoms with E-state index >= 15 is 0 Å². The van der Waals surface area contributed by atoms with Gasteiger partial charge in [-0.2, -0.15) is 13.2 Å². The first-order valence-corrected chi connectivity index (χ1v) is 14.1. The number of hydrogen-bond donors (Lipinski definition) is 2. The van der Waals surface area contributed by atoms with Gasteiger partial charge in [-0.25, -0.2) is 4.39 Å². The van der Waals surface area contributed by atoms with Crippen molar-refractivity contribution < 1.29 is 42.1 Å². The average Bonchev–Trinajstić information content (AvgIpc) is 3.33. The second kappa shape index (κ2) is 9.18. The molecule has 7 rings (SSSR count). The highest BCUT2D eigenvalue weighted by atomic mass is 19.4. The molecule has 4 fully saturated rings. The van der Waals surface area contributed by atoms with Gasteiger partial charge in [-0.1, -0.05) is 24.3 Å². The molecule has 3 atom stereocenters. The Morgan fingerprint density at radius 3 is 2.17 bits per heavy atom. The number of halogens is 4. The molecule has 3 saturated carbocycles. The molecule has 1 saturated heterocycles. The van der Waals surface area contributed by atoms with Crippen molar-refractivity contribution in [3.8, 4) is 5.75 Å². The van der Waals surface area contributed by atoms with E-state index in [0.29, 0.717) is 70.4 Å². The van der Waals surface area contributed by atoms with E-state index < -0.39 is 40.0 Å². The SMILES string of the molecule is CC(O)(c1ccc2c(c1)OCC1N(C(=O)C34CCC(C(=O)O)(CC3)CC4)CCC21Cc1ccc(F)cc1)C(F)(F)F. The number of hydrogen-bond acceptors (Lipinski definition) is 4. The van der Waals surface area contributed by atoms with Gasteiger partial charge in [0, 0.05) is 22.9 Å². The number of nitrogens with zero attached hydrogens (tertiary/aromatic N) is 1. The van der Waals surface area contributed by atoms with Gasteiger partial charge in [0.05, 0.1) is 11.5 Å². The number of aliphatic carboxylic acids is 1. The monoisotopic (exact) mass is 575 g/mol. The van der Waals surface area contributed by atoms with E-state index in [1.165, 1.54) is 24.3 Å². The molecule has 2 bridgehead atoms. The Hall–Kier alpha value is -3.14. The summed E-state index contributed by atoms with van der Waals surface area (Å²) in [6.07, 6.45) is -1.00. The van der Waals surface area contributed by atoms with Crippen LogP contribution in [0, 0.1) is 16.6 Å². The molecule has 220 valence electrons. The molecule has 0 spiro atoms. The molecule has 2 heterocycles. The largest absolute Gasteiger partial charge is 0.491 e. The Morgan fingerprint density at radius 2 is 1.59 bits per heavy atom. The lowest BCUT2D eigenvalue weighted by Crippen LogP contribution is -2.58. The molecule has 2 aromatic carbocycles. The van der Waals surface area contributed by atoms with Crippen molar-refractivity contribution in [2.24, 2.45) is 10.8 Å². The first-order chi connectivity index (χ1) is 19.2. The van der Waals surface area contributed by atoms with Gasteiger partial charge in [0.15, 0.2) is 5.60 Å². The number of carboxylic acid groups (broad SMARTS) is 1. The molecule has 3 unspecified atom stereocenters. The van der Waals surface area contributed by atoms with Crippen LogP contribution in [0.3, 0.4) is 0 Å². The third-order valence-electron chi connectivity index (χ3n) is 10.7. The van der Waals surface area contributed by atoms with Gasteiger partial charge in [-0.15, -0.1) is 0 Å². The van der Waals surface area contributed by atoms with Crippen LogP contribution in [0.4, 0.5) is 17.6 Å². The highest BCUT2D eigenvalue weighted by molar-refractivity contribution is 5.86. The lowest BCUT2D eigenvalue weighted by Gasteiger charge is -2.52. The fraction of sp³-hybridized carbons (Fsp3) is 0.548. The third kappa shape index (κ3) is 4.15. The number of aliphatic hydroxyl groups is 1. The van der Waals surface area contributed by atoms with E-state index in [9.17, 15) is 37.4 Å². The lowest BCUT2D eigenvalue weighted by atomic mass is 9.53. The average molecular weight is 576 g/mol. The van der Waals surface area contributed by atoms with E-state index in [0.717, 1.165) is 5.56 Å². The zero-order valence-corrected chi connectivity index (χ0v) is 22.8. The summed E-state index contributed by atoms with van der Waals surface area (Å²) in [4.78, 5) is 28.1. The minimum absolute atomic E-state index is 0.00848. The van der Waals surface area contributed by atoms with Gasteiger partial charge >= 0.3 is 12.1 Å². The molecule has 0 aromatic heterocycles. The summed E-state index contributed by atoms with van der Waals surface area (Å²) < 4.78 is 60.6. The number of amides is 1. The van der Waals surface area contributed by atoms with Crippen LogP contribution in [0.25, 0.3) is 0 Å². The Kier molecular flexibility index (Phi) is 6.27. The van der Waals surface area contributed by atoms with Crippen molar-refractivity contribution in [2.45, 2.75) is 81.5 Å². The molecule has 1 amide bonds. The molecule has 41 heavy (non-hydrogen) atoms. The van der Waals surface area contributed by atoms with E-state index in [1.54, 1.807) is 18.2 Å². The van der Waals surface area contributed by atoms with Crippen LogP contribution in [0.1, 0.15) is 68.6 Å². The fourth-order valence-electron chi connectivity index (χ4n) is 7.84. The summed E-state index contributed by atoms with van der Waals surface area (Å²) in [5.74, 6) is -0.951. The Morgan fingerprint density at radius 1 is 0.976 bits per heavy atom. The van der Waals surface area contributed by atoms with Crippen LogP contribution in [-0.4, -0.2) is 52.4 Å². The molecule has 2 N–H and O–H groups in total. The van der Waals surface area contributed by atoms with Gasteiger partial charge in [0.2, 0.25) is 5.91 Å². The predicted octanol–water partition coefficient (Wildman–Crippen LogP) is 5.49. The quantitative estimate of drug-likeness (QED) is 0.461. The predicted molar refractivity (Wildman–Crippen MR) is 140 cm³/mol. The summed E-state index contributed by atoms with van der Waals surface area (Å²) in [6.45, 7) is 1.19. The number of carbonyl (C=O) groups excluding carboxylic acids is 1. The van der Waals surface area contributed by atoms with Crippen LogP contribution >= 0.6 is 0 Å². The smallest absolute Gasteiger partial charge is 0.421 e. The normalized spacial score (nSPS) is 32.0. The highest BCUT2D eigenvalue weighted by Crippen LogP contribution is 2.59. The summed E-state index contributed by atoms with van der Waals surface area (Å²) in [6, 6.07) is 9.73. The molecular formula is C31H33F4NO5. The first-order valence-electron chi connectivity index (χ1n) is 14.1. The summed E-state index contributed by atoms with van der Waals surface area (Å²) in [5, 5.41) is 20.1. The lowest BCUT2D eigenvalue weighted by molar-refractivity contribution is -0.258. The number of likely N-dealkylation sites (tertiary alicyclic amines) is 1. The van der Waals surface area contributed by atoms with Crippen LogP contribution < -0.4 is 4.74 Å². The second-order valence-corrected chi connectivity index (χ2v) is 12.7. The zero-order chi connectivity index (χ0) is 29.4. The first kappa shape index (κ1) is 28.0. The number of carboxylic acids is 1. The van der Waals surface area contributed by atoms with Crippen molar-refractivity contribution in [1.82, 2.24) is 4.90 Å². The summed E-state index contributed by atoms with van der Waals surface area (Å²) in [7, 11) is 0. The van der Waals surface area contributed by atoms with Crippen molar-refractivity contribution in [2.75, 3.05) is 13.2 Å². The van der Waals surface area contributed by atoms with Gasteiger partial charge in [0.1, 0.15) is 18.2 Å². The number of fused-ring (bicyclic) bond motifs is 6. The van der Waals surface area contributed by atoms with Gasteiger partial charge in [-0.05, 0) is 87.6 Å². The van der Waals surface area contributed by atoms with Crippen LogP contribution in [0.5, 0.6) is 5.75 Å². The van der Waals surface area contributed by atoms with Gasteiger partial charge in [0.25, 0.3) is 0 Å². The minimum atomic E-state index is -4.89. The molecule has 0 radical (unpaired) electrons. The van der Waals surface area contributed by atoms with Crippen molar-refractivity contribution in [1.29, 1.82) is 0 Å². The van der Waals surface area contributed by atoms with Gasteiger partial charge in [-0.3, -0.25) is 9.59 Å². The van der Waals surface area contributed by atoms with E-state index in [1.807, 2.05) is 4.90 Å². The molecule has 2 aromatic rings. The Bertz CT molecular complexity index is 1360.